The normalized spacial score (nSPS) is 37.0. The van der Waals surface area contributed by atoms with E-state index in [4.69, 9.17) is 4.74 Å². The van der Waals surface area contributed by atoms with E-state index in [2.05, 4.69) is 68.4 Å². The van der Waals surface area contributed by atoms with Crippen molar-refractivity contribution in [3.05, 3.63) is 51.3 Å². The molecule has 0 aliphatic heterocycles. The minimum Gasteiger partial charge on any atom is -0.366 e. The Labute approximate surface area is 240 Å². The van der Waals surface area contributed by atoms with Gasteiger partial charge in [0.1, 0.15) is 0 Å². The van der Waals surface area contributed by atoms with Gasteiger partial charge < -0.3 is 24.7 Å². The average Bonchev–Trinajstić information content (AvgIpc) is 3.05. The zero-order valence-corrected chi connectivity index (χ0v) is 27.9. The summed E-state index contributed by atoms with van der Waals surface area (Å²) in [5, 5.41) is 10.2. The summed E-state index contributed by atoms with van der Waals surface area (Å²) < 4.78 is 5.41. The molecule has 1 aromatic rings. The Morgan fingerprint density at radius 1 is 0.657 bits per heavy atom. The Hall–Kier alpha value is 0.0231. The Kier molecular flexibility index (Phi) is 20.7. The average molecular weight is 567 g/mol. The summed E-state index contributed by atoms with van der Waals surface area (Å²) in [5.74, 6) is 7.15. The number of benzene rings is 1. The molecule has 1 radical (unpaired) electrons. The van der Waals surface area contributed by atoms with E-state index in [1.807, 2.05) is 37.3 Å². The van der Waals surface area contributed by atoms with Gasteiger partial charge >= 0.3 is 26.2 Å². The van der Waals surface area contributed by atoms with E-state index in [0.29, 0.717) is 24.4 Å². The monoisotopic (exact) mass is 565 g/mol. The summed E-state index contributed by atoms with van der Waals surface area (Å²) in [5.41, 5.74) is 0. The van der Waals surface area contributed by atoms with E-state index in [0.717, 1.165) is 47.8 Å². The number of aliphatic hydroxyl groups is 1. The minimum atomic E-state index is -0.953. The van der Waals surface area contributed by atoms with Gasteiger partial charge in [-0.1, -0.05) is 62.3 Å². The number of hydrogen-bond donors (Lipinski definition) is 1. The first-order valence-electron chi connectivity index (χ1n) is 13.1. The molecule has 2 aliphatic carbocycles. The van der Waals surface area contributed by atoms with Crippen molar-refractivity contribution in [2.75, 3.05) is 6.61 Å². The maximum atomic E-state index is 10.2. The molecule has 1 N–H and O–H groups in total. The van der Waals surface area contributed by atoms with Gasteiger partial charge in [-0.3, -0.25) is 0 Å². The smallest absolute Gasteiger partial charge is 0.366 e. The first-order chi connectivity index (χ1) is 14.9. The molecule has 203 valence electrons. The van der Waals surface area contributed by atoms with Crippen LogP contribution in [0.1, 0.15) is 82.6 Å². The number of rotatable bonds is 4. The van der Waals surface area contributed by atoms with Crippen LogP contribution in [-0.4, -0.2) is 17.5 Å². The molecule has 3 heteroatoms. The first kappa shape index (κ1) is 39.5. The van der Waals surface area contributed by atoms with Gasteiger partial charge in [-0.2, -0.15) is 36.4 Å². The zero-order valence-electron chi connectivity index (χ0n) is 25.4. The van der Waals surface area contributed by atoms with Crippen molar-refractivity contribution in [3.8, 4) is 0 Å². The van der Waals surface area contributed by atoms with Crippen molar-refractivity contribution in [2.24, 2.45) is 59.2 Å². The van der Waals surface area contributed by atoms with Gasteiger partial charge in [0.2, 0.25) is 0 Å². The van der Waals surface area contributed by atoms with Crippen molar-refractivity contribution in [1.82, 2.24) is 0 Å². The largest absolute Gasteiger partial charge is 3.00 e. The molecule has 0 aromatic heterocycles. The molecule has 1 aromatic carbocycles. The Morgan fingerprint density at radius 3 is 1.20 bits per heavy atom. The van der Waals surface area contributed by atoms with E-state index in [1.54, 1.807) is 6.92 Å². The second-order valence-electron chi connectivity index (χ2n) is 11.3. The molecule has 2 aliphatic rings. The van der Waals surface area contributed by atoms with Crippen molar-refractivity contribution in [1.29, 1.82) is 0 Å². The predicted molar refractivity (Wildman–Crippen MR) is 151 cm³/mol. The molecule has 2 saturated carbocycles. The summed E-state index contributed by atoms with van der Waals surface area (Å²) in [4.78, 5) is 0. The second-order valence-corrected chi connectivity index (χ2v) is 11.3. The van der Waals surface area contributed by atoms with Crippen LogP contribution >= 0.6 is 0 Å². The van der Waals surface area contributed by atoms with Gasteiger partial charge in [0, 0.05) is 13.0 Å². The van der Waals surface area contributed by atoms with Gasteiger partial charge in [-0.15, -0.1) is 0 Å². The summed E-state index contributed by atoms with van der Waals surface area (Å²) in [7, 11) is 0. The molecular weight excluding hydrogens is 508 g/mol. The van der Waals surface area contributed by atoms with Crippen molar-refractivity contribution >= 4 is 0 Å². The standard InChI is InChI=1S/C14H28O2.C10H20.C6H5.2CH3.Zr/c1-7-16-14(6,15)8-13-11(4)9(2)10(3)12(13)5;1-6-7(2)9(4)10(5)8(6)3;1-2-4-6-5-3-1;;;/h9-13,15H,7-8H2,1-6H3;6-10H,1-5H3;1-5H;2*1H3;/q;;3*-1;+3. The molecule has 0 bridgehead atoms. The van der Waals surface area contributed by atoms with E-state index < -0.39 is 5.79 Å². The molecule has 5 unspecified atom stereocenters. The van der Waals surface area contributed by atoms with Gasteiger partial charge in [0.05, 0.1) is 0 Å². The summed E-state index contributed by atoms with van der Waals surface area (Å²) in [6.45, 7) is 25.6. The second kappa shape index (κ2) is 18.3. The molecule has 2 nitrogen and oxygen atoms in total. The summed E-state index contributed by atoms with van der Waals surface area (Å²) in [6.07, 6.45) is 0.762. The fraction of sp³-hybridized carbons (Fsp3) is 0.750. The summed E-state index contributed by atoms with van der Waals surface area (Å²) in [6, 6.07) is 12.5. The van der Waals surface area contributed by atoms with E-state index in [-0.39, 0.29) is 41.1 Å². The van der Waals surface area contributed by atoms with Crippen LogP contribution in [-0.2, 0) is 30.9 Å². The zero-order chi connectivity index (χ0) is 24.6. The first-order valence-corrected chi connectivity index (χ1v) is 13.1. The van der Waals surface area contributed by atoms with Crippen molar-refractivity contribution < 1.29 is 36.0 Å². The van der Waals surface area contributed by atoms with Gasteiger partial charge in [0.15, 0.2) is 5.79 Å². The van der Waals surface area contributed by atoms with Crippen LogP contribution in [0, 0.1) is 80.1 Å². The van der Waals surface area contributed by atoms with Crippen molar-refractivity contribution in [3.63, 3.8) is 0 Å². The molecule has 3 rings (SSSR count). The third-order valence-corrected chi connectivity index (χ3v) is 9.66. The van der Waals surface area contributed by atoms with E-state index in [9.17, 15) is 5.11 Å². The van der Waals surface area contributed by atoms with Gasteiger partial charge in [-0.25, -0.2) is 0 Å². The minimum absolute atomic E-state index is 0. The van der Waals surface area contributed by atoms with Crippen LogP contribution in [0.4, 0.5) is 0 Å². The quantitative estimate of drug-likeness (QED) is 0.291. The van der Waals surface area contributed by atoms with Crippen LogP contribution in [0.3, 0.4) is 0 Å². The van der Waals surface area contributed by atoms with E-state index >= 15 is 0 Å². The fourth-order valence-electron chi connectivity index (χ4n) is 6.13. The topological polar surface area (TPSA) is 29.5 Å². The van der Waals surface area contributed by atoms with Gasteiger partial charge in [0.25, 0.3) is 0 Å². The molecule has 35 heavy (non-hydrogen) atoms. The number of ether oxygens (including phenoxy) is 1. The van der Waals surface area contributed by atoms with Crippen LogP contribution in [0.25, 0.3) is 0 Å². The van der Waals surface area contributed by atoms with E-state index in [1.165, 1.54) is 0 Å². The van der Waals surface area contributed by atoms with Crippen LogP contribution in [0.5, 0.6) is 0 Å². The molecule has 0 saturated heterocycles. The maximum absolute atomic E-state index is 10.2. The molecule has 2 fully saturated rings. The molecule has 5 atom stereocenters. The third kappa shape index (κ3) is 11.5. The third-order valence-electron chi connectivity index (χ3n) is 9.66. The Balaban J connectivity index is -0.000000464. The summed E-state index contributed by atoms with van der Waals surface area (Å²) >= 11 is 0. The molecule has 0 spiro atoms. The van der Waals surface area contributed by atoms with Gasteiger partial charge in [-0.05, 0) is 73.0 Å². The van der Waals surface area contributed by atoms with Crippen LogP contribution < -0.4 is 0 Å². The fourth-order valence-corrected chi connectivity index (χ4v) is 6.13. The molecule has 0 heterocycles. The van der Waals surface area contributed by atoms with Crippen LogP contribution in [0.15, 0.2) is 30.3 Å². The predicted octanol–water partition coefficient (Wildman–Crippen LogP) is 8.86. The molecular formula is C32H59O2Zr. The number of hydrogen-bond acceptors (Lipinski definition) is 2. The van der Waals surface area contributed by atoms with Crippen molar-refractivity contribution in [2.45, 2.75) is 88.4 Å². The molecule has 0 amide bonds. The Bertz CT molecular complexity index is 534. The maximum Gasteiger partial charge on any atom is 3.00 e. The van der Waals surface area contributed by atoms with Crippen LogP contribution in [0.2, 0.25) is 0 Å². The SMILES string of the molecule is CC1C(C)C(C)C(C)C1C.CCOC(C)(O)CC1C(C)C(C)C(C)C1C.[CH3-].[CH3-].[Zr+3].[c-]1ccccc1. The Morgan fingerprint density at radius 2 is 0.971 bits per heavy atom.